The van der Waals surface area contributed by atoms with Gasteiger partial charge in [-0.1, -0.05) is 51.8 Å². The molecule has 3 rings (SSSR count). The Balaban J connectivity index is 1.86. The molecule has 178 valence electrons. The zero-order valence-electron chi connectivity index (χ0n) is 18.6. The molecule has 7 nitrogen and oxygen atoms in total. The SMILES string of the molecule is Cc1cccc(Cl)c1S(=O)(=O)NC(CC(C)n1cccc1C#N)C(=O)NCc1ccc(Br)cc1. The molecule has 34 heavy (non-hydrogen) atoms. The molecule has 0 saturated heterocycles. The van der Waals surface area contributed by atoms with Gasteiger partial charge in [0.1, 0.15) is 22.7 Å². The van der Waals surface area contributed by atoms with Gasteiger partial charge in [0.15, 0.2) is 0 Å². The molecule has 0 radical (unpaired) electrons. The van der Waals surface area contributed by atoms with E-state index in [4.69, 9.17) is 11.6 Å². The zero-order chi connectivity index (χ0) is 24.9. The number of nitrogens with one attached hydrogen (secondary N) is 2. The number of sulfonamides is 1. The number of amides is 1. The number of benzene rings is 2. The smallest absolute Gasteiger partial charge is 0.243 e. The predicted octanol–water partition coefficient (Wildman–Crippen LogP) is 4.70. The molecule has 1 amide bonds. The number of aromatic nitrogens is 1. The van der Waals surface area contributed by atoms with E-state index in [0.717, 1.165) is 10.0 Å². The Hall–Kier alpha value is -2.64. The molecule has 0 aliphatic carbocycles. The molecule has 0 bridgehead atoms. The van der Waals surface area contributed by atoms with Crippen LogP contribution in [0.25, 0.3) is 0 Å². The fourth-order valence-corrected chi connectivity index (χ4v) is 5.96. The number of rotatable bonds is 9. The van der Waals surface area contributed by atoms with Crippen LogP contribution >= 0.6 is 27.5 Å². The minimum Gasteiger partial charge on any atom is -0.351 e. The van der Waals surface area contributed by atoms with Crippen molar-refractivity contribution < 1.29 is 13.2 Å². The van der Waals surface area contributed by atoms with E-state index in [1.165, 1.54) is 6.07 Å². The molecule has 1 aromatic heterocycles. The fourth-order valence-electron chi connectivity index (χ4n) is 3.65. The molecule has 3 aromatic rings. The second kappa shape index (κ2) is 11.2. The number of nitrogens with zero attached hydrogens (tertiary/aromatic N) is 2. The molecule has 0 saturated carbocycles. The maximum Gasteiger partial charge on any atom is 0.243 e. The highest BCUT2D eigenvalue weighted by Crippen LogP contribution is 2.26. The average Bonchev–Trinajstić information content (AvgIpc) is 3.26. The maximum atomic E-state index is 13.3. The van der Waals surface area contributed by atoms with E-state index in [9.17, 15) is 18.5 Å². The van der Waals surface area contributed by atoms with Crippen LogP contribution in [-0.4, -0.2) is 24.9 Å². The molecule has 0 aliphatic rings. The van der Waals surface area contributed by atoms with Gasteiger partial charge in [-0.05, 0) is 61.7 Å². The van der Waals surface area contributed by atoms with Gasteiger partial charge in [-0.25, -0.2) is 8.42 Å². The molecular weight excluding hydrogens is 540 g/mol. The van der Waals surface area contributed by atoms with Gasteiger partial charge >= 0.3 is 0 Å². The summed E-state index contributed by atoms with van der Waals surface area (Å²) in [4.78, 5) is 13.1. The van der Waals surface area contributed by atoms with Crippen molar-refractivity contribution in [1.29, 1.82) is 5.26 Å². The largest absolute Gasteiger partial charge is 0.351 e. The van der Waals surface area contributed by atoms with Crippen LogP contribution in [0.3, 0.4) is 0 Å². The van der Waals surface area contributed by atoms with Gasteiger partial charge in [0.05, 0.1) is 5.02 Å². The second-order valence-electron chi connectivity index (χ2n) is 7.90. The van der Waals surface area contributed by atoms with Gasteiger partial charge in [0, 0.05) is 23.3 Å². The fraction of sp³-hybridized carbons (Fsp3) is 0.250. The summed E-state index contributed by atoms with van der Waals surface area (Å²) in [6.45, 7) is 3.70. The van der Waals surface area contributed by atoms with Gasteiger partial charge in [0.25, 0.3) is 0 Å². The summed E-state index contributed by atoms with van der Waals surface area (Å²) in [5.41, 5.74) is 1.76. The van der Waals surface area contributed by atoms with E-state index in [1.54, 1.807) is 42.0 Å². The van der Waals surface area contributed by atoms with E-state index in [-0.39, 0.29) is 28.9 Å². The molecule has 1 heterocycles. The third-order valence-electron chi connectivity index (χ3n) is 5.37. The Kier molecular flexibility index (Phi) is 8.55. The van der Waals surface area contributed by atoms with Crippen molar-refractivity contribution in [3.05, 3.63) is 87.1 Å². The highest BCUT2D eigenvalue weighted by atomic mass is 79.9. The van der Waals surface area contributed by atoms with E-state index >= 15 is 0 Å². The second-order valence-corrected chi connectivity index (χ2v) is 10.9. The molecule has 2 N–H and O–H groups in total. The van der Waals surface area contributed by atoms with Crippen LogP contribution in [0.15, 0.2) is 70.2 Å². The summed E-state index contributed by atoms with van der Waals surface area (Å²) in [6.07, 6.45) is 1.85. The molecule has 0 spiro atoms. The number of aryl methyl sites for hydroxylation is 1. The molecular formula is C24H24BrClN4O3S. The first-order valence-electron chi connectivity index (χ1n) is 10.5. The Bertz CT molecular complexity index is 1300. The van der Waals surface area contributed by atoms with Crippen molar-refractivity contribution in [2.45, 2.75) is 43.8 Å². The minimum atomic E-state index is -4.11. The summed E-state index contributed by atoms with van der Waals surface area (Å²) in [7, 11) is -4.11. The van der Waals surface area contributed by atoms with Gasteiger partial charge in [-0.3, -0.25) is 4.79 Å². The van der Waals surface area contributed by atoms with Crippen molar-refractivity contribution >= 4 is 43.5 Å². The van der Waals surface area contributed by atoms with Gasteiger partial charge in [-0.15, -0.1) is 0 Å². The summed E-state index contributed by atoms with van der Waals surface area (Å²) >= 11 is 9.57. The number of hydrogen-bond acceptors (Lipinski definition) is 4. The average molecular weight is 564 g/mol. The number of carbonyl (C=O) groups is 1. The summed E-state index contributed by atoms with van der Waals surface area (Å²) in [5.74, 6) is -0.478. The summed E-state index contributed by atoms with van der Waals surface area (Å²) < 4.78 is 31.7. The van der Waals surface area contributed by atoms with Crippen LogP contribution in [0.1, 0.15) is 36.2 Å². The normalized spacial score (nSPS) is 13.1. The molecule has 0 aliphatic heterocycles. The first-order chi connectivity index (χ1) is 16.1. The first-order valence-corrected chi connectivity index (χ1v) is 13.1. The Morgan fingerprint density at radius 2 is 1.88 bits per heavy atom. The monoisotopic (exact) mass is 562 g/mol. The molecule has 0 fully saturated rings. The van der Waals surface area contributed by atoms with E-state index in [1.807, 2.05) is 31.2 Å². The lowest BCUT2D eigenvalue weighted by molar-refractivity contribution is -0.123. The standard InChI is InChI=1S/C24H24BrClN4O3S/c1-16-5-3-7-21(26)23(16)34(32,33)29-22(13-17(2)30-12-4-6-20(30)14-27)24(31)28-15-18-8-10-19(25)11-9-18/h3-12,17,22,29H,13,15H2,1-2H3,(H,28,31). The van der Waals surface area contributed by atoms with Crippen LogP contribution in [0.4, 0.5) is 0 Å². The lowest BCUT2D eigenvalue weighted by atomic mass is 10.1. The van der Waals surface area contributed by atoms with Crippen LogP contribution in [0.5, 0.6) is 0 Å². The van der Waals surface area contributed by atoms with Gasteiger partial charge < -0.3 is 9.88 Å². The molecule has 2 aromatic carbocycles. The Morgan fingerprint density at radius 1 is 1.18 bits per heavy atom. The van der Waals surface area contributed by atoms with Crippen LogP contribution in [0, 0.1) is 18.3 Å². The number of halogens is 2. The van der Waals surface area contributed by atoms with Crippen molar-refractivity contribution in [3.8, 4) is 6.07 Å². The molecule has 2 unspecified atom stereocenters. The predicted molar refractivity (Wildman–Crippen MR) is 135 cm³/mol. The lowest BCUT2D eigenvalue weighted by Gasteiger charge is -2.24. The van der Waals surface area contributed by atoms with Crippen LogP contribution in [-0.2, 0) is 21.4 Å². The van der Waals surface area contributed by atoms with E-state index in [0.29, 0.717) is 11.3 Å². The highest BCUT2D eigenvalue weighted by molar-refractivity contribution is 9.10. The topological polar surface area (TPSA) is 104 Å². The van der Waals surface area contributed by atoms with Crippen molar-refractivity contribution in [2.75, 3.05) is 0 Å². The van der Waals surface area contributed by atoms with Gasteiger partial charge in [0.2, 0.25) is 15.9 Å². The lowest BCUT2D eigenvalue weighted by Crippen LogP contribution is -2.47. The van der Waals surface area contributed by atoms with Crippen molar-refractivity contribution in [2.24, 2.45) is 0 Å². The first kappa shape index (κ1) is 26.0. The highest BCUT2D eigenvalue weighted by Gasteiger charge is 2.30. The Labute approximate surface area is 212 Å². The third kappa shape index (κ3) is 6.27. The van der Waals surface area contributed by atoms with E-state index in [2.05, 4.69) is 32.0 Å². The quantitative estimate of drug-likeness (QED) is 0.394. The van der Waals surface area contributed by atoms with Crippen LogP contribution < -0.4 is 10.0 Å². The maximum absolute atomic E-state index is 13.3. The molecule has 2 atom stereocenters. The Morgan fingerprint density at radius 3 is 2.53 bits per heavy atom. The summed E-state index contributed by atoms with van der Waals surface area (Å²) in [6, 6.07) is 16.3. The molecule has 10 heteroatoms. The van der Waals surface area contributed by atoms with Crippen molar-refractivity contribution in [3.63, 3.8) is 0 Å². The minimum absolute atomic E-state index is 0.0614. The number of carbonyl (C=O) groups excluding carboxylic acids is 1. The van der Waals surface area contributed by atoms with E-state index < -0.39 is 22.0 Å². The summed E-state index contributed by atoms with van der Waals surface area (Å²) in [5, 5.41) is 12.2. The van der Waals surface area contributed by atoms with Gasteiger partial charge in [-0.2, -0.15) is 9.98 Å². The zero-order valence-corrected chi connectivity index (χ0v) is 21.8. The number of hydrogen-bond donors (Lipinski definition) is 2. The van der Waals surface area contributed by atoms with Crippen molar-refractivity contribution in [1.82, 2.24) is 14.6 Å². The number of nitriles is 1. The van der Waals surface area contributed by atoms with Crippen LogP contribution in [0.2, 0.25) is 5.02 Å². The third-order valence-corrected chi connectivity index (χ3v) is 8.00.